The van der Waals surface area contributed by atoms with Crippen molar-refractivity contribution >= 4 is 16.3 Å². The second kappa shape index (κ2) is 6.55. The molecule has 1 radical (unpaired) electrons. The third-order valence-electron chi connectivity index (χ3n) is 0. The van der Waals surface area contributed by atoms with E-state index in [-0.39, 0.29) is 16.8 Å². The standard InChI is InChI=1S/Co.2H3O4P/c;2*1-5(2,3)4/h;2*(H3,1,2,3,4)/q+2;;/p-2. The zero-order chi connectivity index (χ0) is 9.00. The molecular weight excluding hydrogens is 249 g/mol. The molecule has 0 atom stereocenters. The number of phosphoric acid groups is 2. The Labute approximate surface area is 72.9 Å². The molecule has 11 heteroatoms. The first-order valence-corrected chi connectivity index (χ1v) is 4.59. The normalized spacial score (nSPS) is 10.9. The molecule has 0 spiro atoms. The summed E-state index contributed by atoms with van der Waals surface area (Å²) in [5.41, 5.74) is 0. The number of hydrogen-bond acceptors (Lipinski definition) is 8. The molecule has 0 saturated carbocycles. The van der Waals surface area contributed by atoms with Gasteiger partial charge in [-0.25, -0.2) is 0 Å². The van der Waals surface area contributed by atoms with Gasteiger partial charge < -0.3 is 19.6 Å². The molecule has 0 bridgehead atoms. The van der Waals surface area contributed by atoms with Crippen LogP contribution in [0.4, 0.5) is 0 Å². The minimum atomic E-state index is -5.14. The molecule has 0 amide bonds. The molecule has 0 aliphatic rings. The van der Waals surface area contributed by atoms with Crippen molar-refractivity contribution in [3.05, 3.63) is 0 Å². The summed E-state index contributed by atoms with van der Waals surface area (Å²) in [5.74, 6) is 0. The van der Waals surface area contributed by atoms with Crippen LogP contribution < -0.4 is 19.6 Å². The second-order valence-electron chi connectivity index (χ2n) is 0.982. The summed E-state index contributed by atoms with van der Waals surface area (Å²) in [5, 5.41) is 0. The Morgan fingerprint density at radius 3 is 0.727 bits per heavy atom. The van der Waals surface area contributed by atoms with E-state index in [4.69, 9.17) is 39.1 Å². The SMILES string of the molecule is [Co+2].[O-][P+](O)(O)O.[O-][P+]([O-])([O-])O. The van der Waals surface area contributed by atoms with E-state index >= 15 is 0 Å². The van der Waals surface area contributed by atoms with E-state index in [1.54, 1.807) is 0 Å². The van der Waals surface area contributed by atoms with Crippen LogP contribution in [0.3, 0.4) is 0 Å². The first-order valence-electron chi connectivity index (χ1n) is 1.53. The van der Waals surface area contributed by atoms with Crippen molar-refractivity contribution in [3.63, 3.8) is 0 Å². The zero-order valence-corrected chi connectivity index (χ0v) is 7.48. The topological polar surface area (TPSA) is 173 Å². The van der Waals surface area contributed by atoms with Crippen LogP contribution in [0.15, 0.2) is 0 Å². The van der Waals surface area contributed by atoms with E-state index in [1.807, 2.05) is 0 Å². The molecule has 0 aliphatic carbocycles. The molecule has 0 aromatic carbocycles. The molecule has 0 rings (SSSR count). The molecule has 0 aromatic rings. The summed E-state index contributed by atoms with van der Waals surface area (Å²) < 4.78 is 0. The van der Waals surface area contributed by atoms with Crippen LogP contribution in [0.1, 0.15) is 0 Å². The second-order valence-corrected chi connectivity index (χ2v) is 2.95. The average Bonchev–Trinajstić information content (AvgIpc) is 1.12. The van der Waals surface area contributed by atoms with Gasteiger partial charge in [0.25, 0.3) is 0 Å². The van der Waals surface area contributed by atoms with Crippen molar-refractivity contribution < 1.29 is 55.9 Å². The predicted octanol–water partition coefficient (Wildman–Crippen LogP) is -5.26. The van der Waals surface area contributed by atoms with Gasteiger partial charge in [0.15, 0.2) is 0 Å². The Hall–Kier alpha value is 1.05. The molecule has 0 unspecified atom stereocenters. The Bertz CT molecular complexity index is 55.1. The zero-order valence-electron chi connectivity index (χ0n) is 4.65. The molecule has 0 heterocycles. The number of hydrogen-bond donors (Lipinski definition) is 4. The summed E-state index contributed by atoms with van der Waals surface area (Å²) in [6, 6.07) is 0. The van der Waals surface area contributed by atoms with Crippen LogP contribution in [0.5, 0.6) is 0 Å². The summed E-state index contributed by atoms with van der Waals surface area (Å²) in [6.07, 6.45) is 0. The molecule has 0 aliphatic heterocycles. The summed E-state index contributed by atoms with van der Waals surface area (Å²) in [7, 11) is -9.78. The van der Waals surface area contributed by atoms with Crippen LogP contribution >= 0.6 is 16.3 Å². The Balaban J connectivity index is -0.000000107. The van der Waals surface area contributed by atoms with Crippen molar-refractivity contribution in [1.29, 1.82) is 0 Å². The van der Waals surface area contributed by atoms with E-state index in [1.165, 1.54) is 0 Å². The minimum Gasteiger partial charge on any atom is -0.663 e. The molecule has 0 fully saturated rings. The van der Waals surface area contributed by atoms with Crippen LogP contribution in [0.25, 0.3) is 0 Å². The van der Waals surface area contributed by atoms with Crippen molar-refractivity contribution in [2.45, 2.75) is 0 Å². The van der Waals surface area contributed by atoms with Crippen LogP contribution in [0.2, 0.25) is 0 Å². The maximum atomic E-state index is 8.88. The van der Waals surface area contributed by atoms with Gasteiger partial charge in [-0.3, -0.25) is 4.89 Å². The van der Waals surface area contributed by atoms with Gasteiger partial charge in [0.1, 0.15) is 0 Å². The van der Waals surface area contributed by atoms with E-state index < -0.39 is 16.3 Å². The van der Waals surface area contributed by atoms with Crippen LogP contribution in [-0.2, 0) is 16.8 Å². The smallest absolute Gasteiger partial charge is 0.663 e. The van der Waals surface area contributed by atoms with E-state index in [2.05, 4.69) is 0 Å². The fourth-order valence-electron chi connectivity index (χ4n) is 0. The van der Waals surface area contributed by atoms with E-state index in [0.717, 1.165) is 0 Å². The molecule has 71 valence electrons. The third kappa shape index (κ3) is 825. The van der Waals surface area contributed by atoms with Crippen LogP contribution in [0, 0.1) is 0 Å². The molecule has 0 saturated heterocycles. The maximum absolute atomic E-state index is 8.88. The summed E-state index contributed by atoms with van der Waals surface area (Å²) in [6.45, 7) is 0. The van der Waals surface area contributed by atoms with Crippen molar-refractivity contribution in [1.82, 2.24) is 0 Å². The fraction of sp³-hybridized carbons (Fsp3) is 0. The molecule has 11 heavy (non-hydrogen) atoms. The van der Waals surface area contributed by atoms with Gasteiger partial charge in [-0.15, -0.1) is 0 Å². The van der Waals surface area contributed by atoms with Gasteiger partial charge in [-0.2, -0.15) is 14.7 Å². The van der Waals surface area contributed by atoms with Gasteiger partial charge in [0.2, 0.25) is 0 Å². The minimum absolute atomic E-state index is 0. The molecule has 8 nitrogen and oxygen atoms in total. The van der Waals surface area contributed by atoms with Crippen molar-refractivity contribution in [3.8, 4) is 0 Å². The third-order valence-corrected chi connectivity index (χ3v) is 0. The monoisotopic (exact) mass is 253 g/mol. The van der Waals surface area contributed by atoms with Crippen LogP contribution in [-0.4, -0.2) is 19.6 Å². The first kappa shape index (κ1) is 18.0. The van der Waals surface area contributed by atoms with E-state index in [9.17, 15) is 0 Å². The largest absolute Gasteiger partial charge is 2.00 e. The maximum Gasteiger partial charge on any atom is 2.00 e. The quantitative estimate of drug-likeness (QED) is 0.309. The molecule has 4 N–H and O–H groups in total. The fourth-order valence-corrected chi connectivity index (χ4v) is 0. The Morgan fingerprint density at radius 1 is 0.727 bits per heavy atom. The first-order chi connectivity index (χ1) is 4.00. The Kier molecular flexibility index (Phi) is 10.7. The van der Waals surface area contributed by atoms with Crippen molar-refractivity contribution in [2.75, 3.05) is 0 Å². The molecular formula is H4CoO8P2. The van der Waals surface area contributed by atoms with E-state index in [0.29, 0.717) is 0 Å². The average molecular weight is 253 g/mol. The van der Waals surface area contributed by atoms with Gasteiger partial charge in [-0.05, 0) is 8.17 Å². The number of rotatable bonds is 0. The Morgan fingerprint density at radius 2 is 0.727 bits per heavy atom. The summed E-state index contributed by atoms with van der Waals surface area (Å²) >= 11 is 0. The van der Waals surface area contributed by atoms with Gasteiger partial charge in [0, 0.05) is 0 Å². The van der Waals surface area contributed by atoms with Gasteiger partial charge >= 0.3 is 24.9 Å². The molecule has 0 aromatic heterocycles. The van der Waals surface area contributed by atoms with Crippen molar-refractivity contribution in [2.24, 2.45) is 0 Å². The van der Waals surface area contributed by atoms with Gasteiger partial charge in [0.05, 0.1) is 0 Å². The summed E-state index contributed by atoms with van der Waals surface area (Å²) in [4.78, 5) is 63.4. The van der Waals surface area contributed by atoms with Gasteiger partial charge in [-0.1, -0.05) is 0 Å². The predicted molar refractivity (Wildman–Crippen MR) is 22.7 cm³/mol.